The summed E-state index contributed by atoms with van der Waals surface area (Å²) in [6.45, 7) is 7.75. The van der Waals surface area contributed by atoms with Crippen molar-refractivity contribution in [1.29, 1.82) is 0 Å². The van der Waals surface area contributed by atoms with Crippen LogP contribution in [0.15, 0.2) is 12.8 Å². The van der Waals surface area contributed by atoms with E-state index in [0.717, 1.165) is 25.7 Å². The highest BCUT2D eigenvalue weighted by molar-refractivity contribution is 5.69. The van der Waals surface area contributed by atoms with Crippen LogP contribution in [0.3, 0.4) is 0 Å². The van der Waals surface area contributed by atoms with Crippen molar-refractivity contribution in [3.63, 3.8) is 0 Å². The SMILES string of the molecule is C=COC(=O)CCCCCCCCC.CCCCCCCCCC(=O)O. The fourth-order valence-electron chi connectivity index (χ4n) is 2.61. The van der Waals surface area contributed by atoms with E-state index < -0.39 is 5.97 Å². The number of carboxylic acid groups (broad SMARTS) is 1. The van der Waals surface area contributed by atoms with Crippen LogP contribution >= 0.6 is 0 Å². The van der Waals surface area contributed by atoms with Crippen molar-refractivity contribution in [2.75, 3.05) is 0 Å². The number of carbonyl (C=O) groups is 2. The van der Waals surface area contributed by atoms with Gasteiger partial charge in [-0.15, -0.1) is 0 Å². The van der Waals surface area contributed by atoms with Gasteiger partial charge < -0.3 is 9.84 Å². The van der Waals surface area contributed by atoms with Gasteiger partial charge in [0.05, 0.1) is 6.26 Å². The monoisotopic (exact) mass is 370 g/mol. The molecule has 0 spiro atoms. The number of aliphatic carboxylic acids is 1. The fraction of sp³-hybridized carbons (Fsp3) is 0.818. The van der Waals surface area contributed by atoms with Crippen molar-refractivity contribution < 1.29 is 19.4 Å². The number of carboxylic acids is 1. The molecule has 4 nitrogen and oxygen atoms in total. The molecular weight excluding hydrogens is 328 g/mol. The second kappa shape index (κ2) is 23.7. The summed E-state index contributed by atoms with van der Waals surface area (Å²) < 4.78 is 4.61. The zero-order valence-electron chi connectivity index (χ0n) is 17.3. The van der Waals surface area contributed by atoms with Gasteiger partial charge in [-0.25, -0.2) is 0 Å². The number of rotatable bonds is 17. The van der Waals surface area contributed by atoms with E-state index in [0.29, 0.717) is 12.8 Å². The Kier molecular flexibility index (Phi) is 24.5. The normalized spacial score (nSPS) is 9.92. The molecule has 0 saturated carbocycles. The van der Waals surface area contributed by atoms with Gasteiger partial charge in [-0.2, -0.15) is 0 Å². The maximum Gasteiger partial charge on any atom is 0.310 e. The lowest BCUT2D eigenvalue weighted by atomic mass is 10.1. The van der Waals surface area contributed by atoms with Gasteiger partial charge in [0.15, 0.2) is 0 Å². The fourth-order valence-corrected chi connectivity index (χ4v) is 2.61. The third-order valence-corrected chi connectivity index (χ3v) is 4.19. The molecule has 0 aromatic heterocycles. The minimum Gasteiger partial charge on any atom is -0.481 e. The molecule has 0 rings (SSSR count). The zero-order valence-corrected chi connectivity index (χ0v) is 17.3. The first-order valence-corrected chi connectivity index (χ1v) is 10.6. The smallest absolute Gasteiger partial charge is 0.310 e. The first-order chi connectivity index (χ1) is 12.6. The second-order valence-electron chi connectivity index (χ2n) is 6.79. The Labute approximate surface area is 161 Å². The molecule has 0 amide bonds. The highest BCUT2D eigenvalue weighted by Crippen LogP contribution is 2.09. The third-order valence-electron chi connectivity index (χ3n) is 4.19. The number of esters is 1. The van der Waals surface area contributed by atoms with Gasteiger partial charge in [0.2, 0.25) is 0 Å². The van der Waals surface area contributed by atoms with Crippen molar-refractivity contribution >= 4 is 11.9 Å². The maximum absolute atomic E-state index is 10.9. The predicted octanol–water partition coefficient (Wildman–Crippen LogP) is 7.03. The van der Waals surface area contributed by atoms with Gasteiger partial charge in [0, 0.05) is 12.8 Å². The number of hydrogen-bond acceptors (Lipinski definition) is 3. The summed E-state index contributed by atoms with van der Waals surface area (Å²) in [5.74, 6) is -0.822. The van der Waals surface area contributed by atoms with Gasteiger partial charge in [-0.3, -0.25) is 9.59 Å². The Bertz CT molecular complexity index is 326. The van der Waals surface area contributed by atoms with E-state index in [2.05, 4.69) is 25.2 Å². The van der Waals surface area contributed by atoms with Crippen molar-refractivity contribution in [2.24, 2.45) is 0 Å². The Morgan fingerprint density at radius 1 is 0.731 bits per heavy atom. The van der Waals surface area contributed by atoms with Gasteiger partial charge in [0.25, 0.3) is 0 Å². The Morgan fingerprint density at radius 3 is 1.50 bits per heavy atom. The maximum atomic E-state index is 10.9. The molecule has 0 fully saturated rings. The molecular formula is C22H42O4. The van der Waals surface area contributed by atoms with E-state index in [1.54, 1.807) is 0 Å². The summed E-state index contributed by atoms with van der Waals surface area (Å²) in [5, 5.41) is 8.35. The molecule has 0 saturated heterocycles. The van der Waals surface area contributed by atoms with E-state index >= 15 is 0 Å². The average Bonchev–Trinajstić information content (AvgIpc) is 2.61. The Hall–Kier alpha value is -1.32. The number of ether oxygens (including phenoxy) is 1. The highest BCUT2D eigenvalue weighted by Gasteiger charge is 1.99. The lowest BCUT2D eigenvalue weighted by molar-refractivity contribution is -0.138. The lowest BCUT2D eigenvalue weighted by Gasteiger charge is -2.00. The van der Waals surface area contributed by atoms with Crippen LogP contribution in [0, 0.1) is 0 Å². The van der Waals surface area contributed by atoms with E-state index in [1.807, 2.05) is 0 Å². The first kappa shape index (κ1) is 26.9. The first-order valence-electron chi connectivity index (χ1n) is 10.6. The number of carbonyl (C=O) groups excluding carboxylic acids is 1. The van der Waals surface area contributed by atoms with Crippen LogP contribution in [0.1, 0.15) is 117 Å². The summed E-state index contributed by atoms with van der Waals surface area (Å²) in [6.07, 6.45) is 18.9. The summed E-state index contributed by atoms with van der Waals surface area (Å²) in [7, 11) is 0. The molecule has 0 bridgehead atoms. The molecule has 0 atom stereocenters. The molecule has 4 heteroatoms. The highest BCUT2D eigenvalue weighted by atomic mass is 16.5. The van der Waals surface area contributed by atoms with Crippen LogP contribution < -0.4 is 0 Å². The van der Waals surface area contributed by atoms with Gasteiger partial charge >= 0.3 is 11.9 Å². The molecule has 0 radical (unpaired) electrons. The standard InChI is InChI=1S/C12H22O2.C10H20O2/c1-3-5-6-7-8-9-10-11-12(13)14-4-2;1-2-3-4-5-6-7-8-9-10(11)12/h4H,2-3,5-11H2,1H3;2-9H2,1H3,(H,11,12). The molecule has 1 N–H and O–H groups in total. The minimum atomic E-state index is -0.663. The molecule has 0 aromatic carbocycles. The molecule has 0 aliphatic heterocycles. The van der Waals surface area contributed by atoms with Crippen LogP contribution in [-0.2, 0) is 14.3 Å². The van der Waals surface area contributed by atoms with E-state index in [1.165, 1.54) is 70.5 Å². The molecule has 26 heavy (non-hydrogen) atoms. The van der Waals surface area contributed by atoms with E-state index in [4.69, 9.17) is 5.11 Å². The number of unbranched alkanes of at least 4 members (excludes halogenated alkanes) is 12. The van der Waals surface area contributed by atoms with Gasteiger partial charge in [-0.1, -0.05) is 97.5 Å². The van der Waals surface area contributed by atoms with Crippen LogP contribution in [0.4, 0.5) is 0 Å². The predicted molar refractivity (Wildman–Crippen MR) is 109 cm³/mol. The van der Waals surface area contributed by atoms with Gasteiger partial charge in [-0.05, 0) is 12.8 Å². The molecule has 0 aliphatic carbocycles. The molecule has 0 heterocycles. The Balaban J connectivity index is 0. The molecule has 154 valence electrons. The van der Waals surface area contributed by atoms with Crippen LogP contribution in [0.25, 0.3) is 0 Å². The second-order valence-corrected chi connectivity index (χ2v) is 6.79. The zero-order chi connectivity index (χ0) is 19.9. The molecule has 0 aromatic rings. The van der Waals surface area contributed by atoms with Crippen molar-refractivity contribution in [3.8, 4) is 0 Å². The van der Waals surface area contributed by atoms with Crippen molar-refractivity contribution in [1.82, 2.24) is 0 Å². The molecule has 0 aliphatic rings. The largest absolute Gasteiger partial charge is 0.481 e. The van der Waals surface area contributed by atoms with E-state index in [-0.39, 0.29) is 5.97 Å². The lowest BCUT2D eigenvalue weighted by Crippen LogP contribution is -1.98. The quantitative estimate of drug-likeness (QED) is 0.170. The van der Waals surface area contributed by atoms with Crippen molar-refractivity contribution in [2.45, 2.75) is 117 Å². The van der Waals surface area contributed by atoms with Crippen LogP contribution in [-0.4, -0.2) is 17.0 Å². The summed E-state index contributed by atoms with van der Waals surface area (Å²) in [4.78, 5) is 21.0. The summed E-state index contributed by atoms with van der Waals surface area (Å²) >= 11 is 0. The summed E-state index contributed by atoms with van der Waals surface area (Å²) in [5.41, 5.74) is 0. The summed E-state index contributed by atoms with van der Waals surface area (Å²) in [6, 6.07) is 0. The van der Waals surface area contributed by atoms with Crippen LogP contribution in [0.5, 0.6) is 0 Å². The molecule has 0 unspecified atom stereocenters. The third kappa shape index (κ3) is 27.5. The topological polar surface area (TPSA) is 63.6 Å². The average molecular weight is 371 g/mol. The van der Waals surface area contributed by atoms with E-state index in [9.17, 15) is 9.59 Å². The van der Waals surface area contributed by atoms with Crippen molar-refractivity contribution in [3.05, 3.63) is 12.8 Å². The Morgan fingerprint density at radius 2 is 1.12 bits per heavy atom. The minimum absolute atomic E-state index is 0.159. The van der Waals surface area contributed by atoms with Gasteiger partial charge in [0.1, 0.15) is 0 Å². The number of hydrogen-bond donors (Lipinski definition) is 1. The van der Waals surface area contributed by atoms with Crippen LogP contribution in [0.2, 0.25) is 0 Å².